The number of aromatic amines is 1. The molecule has 4 rings (SSSR count). The summed E-state index contributed by atoms with van der Waals surface area (Å²) in [6.07, 6.45) is 0.00841. The maximum absolute atomic E-state index is 14.3. The average molecular weight is 395 g/mol. The van der Waals surface area contributed by atoms with Gasteiger partial charge in [-0.05, 0) is 24.1 Å². The third kappa shape index (κ3) is 3.71. The van der Waals surface area contributed by atoms with Crippen molar-refractivity contribution < 1.29 is 9.18 Å². The number of carbonyl (C=O) groups excluding carboxylic acids is 1. The van der Waals surface area contributed by atoms with E-state index in [2.05, 4.69) is 21.4 Å². The van der Waals surface area contributed by atoms with Gasteiger partial charge in [-0.3, -0.25) is 9.59 Å². The number of fused-ring (bicyclic) bond motifs is 1. The molecule has 2 aromatic carbocycles. The highest BCUT2D eigenvalue weighted by molar-refractivity contribution is 7.98. The fourth-order valence-corrected chi connectivity index (χ4v) is 4.20. The van der Waals surface area contributed by atoms with Crippen molar-refractivity contribution in [1.29, 1.82) is 0 Å². The van der Waals surface area contributed by atoms with E-state index in [1.165, 1.54) is 17.8 Å². The number of benzene rings is 2. The molecule has 5 nitrogen and oxygen atoms in total. The van der Waals surface area contributed by atoms with Gasteiger partial charge in [0.05, 0.1) is 5.56 Å². The smallest absolute Gasteiger partial charge is 0.257 e. The van der Waals surface area contributed by atoms with E-state index in [4.69, 9.17) is 0 Å². The van der Waals surface area contributed by atoms with Gasteiger partial charge in [-0.25, -0.2) is 9.37 Å². The molecule has 0 spiro atoms. The van der Waals surface area contributed by atoms with Crippen LogP contribution in [0.5, 0.6) is 0 Å². The number of hydrogen-bond donors (Lipinski definition) is 2. The molecule has 1 amide bonds. The monoisotopic (exact) mass is 395 g/mol. The first-order chi connectivity index (χ1) is 13.5. The molecule has 2 heterocycles. The fourth-order valence-electron chi connectivity index (χ4n) is 3.40. The quantitative estimate of drug-likeness (QED) is 0.518. The van der Waals surface area contributed by atoms with Gasteiger partial charge in [0.1, 0.15) is 11.6 Å². The zero-order valence-electron chi connectivity index (χ0n) is 15.2. The lowest BCUT2D eigenvalue weighted by Crippen LogP contribution is -2.31. The minimum atomic E-state index is -0.656. The van der Waals surface area contributed by atoms with E-state index >= 15 is 0 Å². The van der Waals surface area contributed by atoms with Crippen LogP contribution in [0, 0.1) is 12.7 Å². The Bertz CT molecular complexity index is 1110. The minimum Gasteiger partial charge on any atom is -0.310 e. The van der Waals surface area contributed by atoms with Crippen molar-refractivity contribution in [2.24, 2.45) is 0 Å². The number of H-pyrrole nitrogens is 1. The molecular formula is C21H18FN3O2S. The number of rotatable bonds is 4. The summed E-state index contributed by atoms with van der Waals surface area (Å²) >= 11 is 1.38. The van der Waals surface area contributed by atoms with Crippen LogP contribution in [-0.4, -0.2) is 15.9 Å². The van der Waals surface area contributed by atoms with E-state index < -0.39 is 11.7 Å². The van der Waals surface area contributed by atoms with Crippen LogP contribution in [0.25, 0.3) is 0 Å². The maximum Gasteiger partial charge on any atom is 0.257 e. The lowest BCUT2D eigenvalue weighted by Gasteiger charge is -2.24. The second-order valence-electron chi connectivity index (χ2n) is 6.74. The van der Waals surface area contributed by atoms with Crippen molar-refractivity contribution in [3.63, 3.8) is 0 Å². The number of nitrogens with zero attached hydrogens (tertiary/aromatic N) is 1. The molecular weight excluding hydrogens is 377 g/mol. The molecule has 1 unspecified atom stereocenters. The van der Waals surface area contributed by atoms with Gasteiger partial charge in [-0.2, -0.15) is 0 Å². The largest absolute Gasteiger partial charge is 0.310 e. The van der Waals surface area contributed by atoms with E-state index in [1.807, 2.05) is 25.1 Å². The predicted molar refractivity (Wildman–Crippen MR) is 107 cm³/mol. The number of hydrogen-bond acceptors (Lipinski definition) is 4. The normalized spacial score (nSPS) is 15.8. The maximum atomic E-state index is 14.3. The van der Waals surface area contributed by atoms with E-state index in [0.717, 1.165) is 11.1 Å². The van der Waals surface area contributed by atoms with Crippen LogP contribution in [0.2, 0.25) is 0 Å². The Morgan fingerprint density at radius 3 is 2.79 bits per heavy atom. The summed E-state index contributed by atoms with van der Waals surface area (Å²) in [5.41, 5.74) is 2.53. The van der Waals surface area contributed by atoms with E-state index in [1.54, 1.807) is 18.2 Å². The summed E-state index contributed by atoms with van der Waals surface area (Å²) in [4.78, 5) is 32.1. The van der Waals surface area contributed by atoms with Crippen molar-refractivity contribution >= 4 is 23.5 Å². The van der Waals surface area contributed by atoms with Crippen LogP contribution in [0.15, 0.2) is 58.5 Å². The summed E-state index contributed by atoms with van der Waals surface area (Å²) in [7, 11) is 0. The summed E-state index contributed by atoms with van der Waals surface area (Å²) in [5, 5.41) is 3.08. The molecule has 0 bridgehead atoms. The van der Waals surface area contributed by atoms with E-state index in [0.29, 0.717) is 22.0 Å². The van der Waals surface area contributed by atoms with Crippen molar-refractivity contribution in [1.82, 2.24) is 9.97 Å². The molecule has 142 valence electrons. The van der Waals surface area contributed by atoms with Crippen LogP contribution < -0.4 is 10.9 Å². The Balaban J connectivity index is 1.67. The second kappa shape index (κ2) is 7.59. The van der Waals surface area contributed by atoms with Crippen LogP contribution in [0.1, 0.15) is 34.6 Å². The molecule has 0 saturated carbocycles. The van der Waals surface area contributed by atoms with Crippen LogP contribution in [-0.2, 0) is 10.5 Å². The highest BCUT2D eigenvalue weighted by Gasteiger charge is 2.32. The molecule has 7 heteroatoms. The third-order valence-corrected chi connectivity index (χ3v) is 5.61. The summed E-state index contributed by atoms with van der Waals surface area (Å²) in [5.74, 6) is -0.537. The van der Waals surface area contributed by atoms with Gasteiger partial charge in [0.2, 0.25) is 5.91 Å². The highest BCUT2D eigenvalue weighted by Crippen LogP contribution is 2.35. The number of carbonyl (C=O) groups is 1. The molecule has 1 aliphatic heterocycles. The summed E-state index contributed by atoms with van der Waals surface area (Å²) < 4.78 is 14.3. The number of nitrogens with one attached hydrogen (secondary N) is 2. The first kappa shape index (κ1) is 18.4. The first-order valence-corrected chi connectivity index (χ1v) is 9.86. The number of amides is 1. The Morgan fingerprint density at radius 2 is 2.00 bits per heavy atom. The van der Waals surface area contributed by atoms with Gasteiger partial charge in [0.25, 0.3) is 5.56 Å². The van der Waals surface area contributed by atoms with Crippen molar-refractivity contribution in [3.8, 4) is 0 Å². The second-order valence-corrected chi connectivity index (χ2v) is 7.70. The minimum absolute atomic E-state index is 0.00841. The highest BCUT2D eigenvalue weighted by atomic mass is 32.2. The average Bonchev–Trinajstić information content (AvgIpc) is 2.66. The van der Waals surface area contributed by atoms with Gasteiger partial charge >= 0.3 is 0 Å². The van der Waals surface area contributed by atoms with Crippen molar-refractivity contribution in [3.05, 3.63) is 87.0 Å². The molecule has 2 N–H and O–H groups in total. The first-order valence-electron chi connectivity index (χ1n) is 8.88. The molecule has 3 aromatic rings. The molecule has 1 atom stereocenters. The Labute approximate surface area is 165 Å². The van der Waals surface area contributed by atoms with Crippen LogP contribution in [0.4, 0.5) is 10.2 Å². The Morgan fingerprint density at radius 1 is 1.18 bits per heavy atom. The van der Waals surface area contributed by atoms with E-state index in [9.17, 15) is 14.0 Å². The SMILES string of the molecule is Cc1cccc(CSc2nc3c(c(=O)[nH]2)C(c2ccccc2F)CC(=O)N3)c1. The van der Waals surface area contributed by atoms with Crippen LogP contribution in [0.3, 0.4) is 0 Å². The summed E-state index contributed by atoms with van der Waals surface area (Å²) in [6, 6.07) is 14.3. The van der Waals surface area contributed by atoms with Gasteiger partial charge in [0, 0.05) is 18.1 Å². The van der Waals surface area contributed by atoms with Gasteiger partial charge < -0.3 is 10.3 Å². The third-order valence-electron chi connectivity index (χ3n) is 4.67. The van der Waals surface area contributed by atoms with Gasteiger partial charge in [-0.15, -0.1) is 0 Å². The summed E-state index contributed by atoms with van der Waals surface area (Å²) in [6.45, 7) is 2.02. The standard InChI is InChI=1S/C21H18FN3O2S/c1-12-5-4-6-13(9-12)11-28-21-24-19-18(20(27)25-21)15(10-17(26)23-19)14-7-2-3-8-16(14)22/h2-9,15H,10-11H2,1H3,(H2,23,24,25,26,27). The molecule has 0 fully saturated rings. The molecule has 28 heavy (non-hydrogen) atoms. The molecule has 0 aliphatic carbocycles. The molecule has 0 saturated heterocycles. The Hall–Kier alpha value is -2.93. The van der Waals surface area contributed by atoms with E-state index in [-0.39, 0.29) is 23.7 Å². The lowest BCUT2D eigenvalue weighted by molar-refractivity contribution is -0.116. The molecule has 0 radical (unpaired) electrons. The number of aryl methyl sites for hydroxylation is 1. The number of aromatic nitrogens is 2. The lowest BCUT2D eigenvalue weighted by atomic mass is 9.86. The molecule has 1 aliphatic rings. The van der Waals surface area contributed by atoms with Gasteiger partial charge in [-0.1, -0.05) is 59.8 Å². The van der Waals surface area contributed by atoms with Crippen molar-refractivity contribution in [2.45, 2.75) is 30.2 Å². The Kier molecular flexibility index (Phi) is 5.00. The molecule has 1 aromatic heterocycles. The number of anilines is 1. The number of thioether (sulfide) groups is 1. The van der Waals surface area contributed by atoms with Gasteiger partial charge in [0.15, 0.2) is 5.16 Å². The predicted octanol–water partition coefficient (Wildman–Crippen LogP) is 3.98. The van der Waals surface area contributed by atoms with Crippen molar-refractivity contribution in [2.75, 3.05) is 5.32 Å². The zero-order chi connectivity index (χ0) is 19.7. The van der Waals surface area contributed by atoms with Crippen LogP contribution >= 0.6 is 11.8 Å². The number of halogens is 1. The topological polar surface area (TPSA) is 74.8 Å². The fraction of sp³-hybridized carbons (Fsp3) is 0.190. The zero-order valence-corrected chi connectivity index (χ0v) is 16.0.